The van der Waals surface area contributed by atoms with Gasteiger partial charge in [0.15, 0.2) is 0 Å². The minimum atomic E-state index is -1.12. The van der Waals surface area contributed by atoms with E-state index < -0.39 is 24.0 Å². The van der Waals surface area contributed by atoms with Crippen molar-refractivity contribution in [3.63, 3.8) is 0 Å². The quantitative estimate of drug-likeness (QED) is 0.465. The predicted molar refractivity (Wildman–Crippen MR) is 87.2 cm³/mol. The van der Waals surface area contributed by atoms with Crippen molar-refractivity contribution in [3.05, 3.63) is 11.3 Å². The zero-order chi connectivity index (χ0) is 18.5. The molecular formula is C16H24N4O5. The third-order valence-electron chi connectivity index (χ3n) is 5.53. The lowest BCUT2D eigenvalue weighted by Gasteiger charge is -2.46. The topological polar surface area (TPSA) is 136 Å². The van der Waals surface area contributed by atoms with Crippen molar-refractivity contribution in [1.82, 2.24) is 15.1 Å². The predicted octanol–water partition coefficient (Wildman–Crippen LogP) is -1.07. The minimum absolute atomic E-state index is 0.0470. The van der Waals surface area contributed by atoms with Crippen LogP contribution in [0.5, 0.6) is 0 Å². The highest BCUT2D eigenvalue weighted by Gasteiger charge is 2.59. The zero-order valence-corrected chi connectivity index (χ0v) is 14.3. The molecule has 138 valence electrons. The van der Waals surface area contributed by atoms with Crippen LogP contribution in [0.2, 0.25) is 0 Å². The molecule has 0 aliphatic carbocycles. The van der Waals surface area contributed by atoms with E-state index in [0.717, 1.165) is 6.42 Å². The number of hydrogen-bond donors (Lipinski definition) is 4. The molecule has 9 nitrogen and oxygen atoms in total. The van der Waals surface area contributed by atoms with Crippen molar-refractivity contribution in [3.8, 4) is 0 Å². The molecule has 0 saturated carbocycles. The molecule has 2 fully saturated rings. The van der Waals surface area contributed by atoms with Crippen molar-refractivity contribution in [1.29, 1.82) is 0 Å². The molecule has 0 radical (unpaired) electrons. The molecule has 0 bridgehead atoms. The summed E-state index contributed by atoms with van der Waals surface area (Å²) in [6, 6.07) is -0.913. The van der Waals surface area contributed by atoms with Gasteiger partial charge in [0.05, 0.1) is 18.1 Å². The van der Waals surface area contributed by atoms with E-state index in [0.29, 0.717) is 25.2 Å². The molecule has 0 spiro atoms. The Morgan fingerprint density at radius 2 is 2.12 bits per heavy atom. The molecule has 9 heteroatoms. The Kier molecular flexibility index (Phi) is 4.46. The van der Waals surface area contributed by atoms with Crippen LogP contribution in [-0.2, 0) is 9.59 Å². The number of fused-ring (bicyclic) bond motifs is 1. The maximum absolute atomic E-state index is 12.3. The molecule has 1 unspecified atom stereocenters. The Morgan fingerprint density at radius 1 is 1.44 bits per heavy atom. The van der Waals surface area contributed by atoms with E-state index >= 15 is 0 Å². The number of carbonyl (C=O) groups excluding carboxylic acids is 2. The fraction of sp³-hybridized carbons (Fsp3) is 0.688. The highest BCUT2D eigenvalue weighted by molar-refractivity contribution is 6.00. The minimum Gasteiger partial charge on any atom is -0.477 e. The number of nitrogens with two attached hydrogens (primary N) is 1. The van der Waals surface area contributed by atoms with Crippen LogP contribution in [0.1, 0.15) is 20.3 Å². The van der Waals surface area contributed by atoms with Gasteiger partial charge in [-0.05, 0) is 18.9 Å². The molecule has 0 aromatic carbocycles. The summed E-state index contributed by atoms with van der Waals surface area (Å²) in [4.78, 5) is 38.4. The van der Waals surface area contributed by atoms with Gasteiger partial charge >= 0.3 is 12.0 Å². The average molecular weight is 352 g/mol. The van der Waals surface area contributed by atoms with Crippen molar-refractivity contribution in [2.45, 2.75) is 38.5 Å². The number of primary amides is 1. The van der Waals surface area contributed by atoms with Gasteiger partial charge in [-0.1, -0.05) is 6.92 Å². The number of carbonyl (C=O) groups is 3. The first-order valence-corrected chi connectivity index (χ1v) is 8.48. The highest BCUT2D eigenvalue weighted by Crippen LogP contribution is 2.47. The van der Waals surface area contributed by atoms with E-state index in [-0.39, 0.29) is 29.6 Å². The van der Waals surface area contributed by atoms with Gasteiger partial charge in [-0.2, -0.15) is 0 Å². The van der Waals surface area contributed by atoms with Crippen LogP contribution < -0.4 is 11.1 Å². The summed E-state index contributed by atoms with van der Waals surface area (Å²) < 4.78 is 0. The Hall–Kier alpha value is -2.13. The number of rotatable bonds is 5. The second-order valence-corrected chi connectivity index (χ2v) is 7.16. The van der Waals surface area contributed by atoms with Crippen LogP contribution in [-0.4, -0.2) is 75.7 Å². The van der Waals surface area contributed by atoms with Crippen molar-refractivity contribution >= 4 is 17.9 Å². The first-order valence-electron chi connectivity index (χ1n) is 8.48. The van der Waals surface area contributed by atoms with E-state index in [1.165, 1.54) is 4.90 Å². The summed E-state index contributed by atoms with van der Waals surface area (Å²) in [7, 11) is 0. The Balaban J connectivity index is 1.77. The first-order chi connectivity index (χ1) is 11.7. The molecule has 3 aliphatic heterocycles. The number of likely N-dealkylation sites (tertiary alicyclic amines) is 1. The standard InChI is InChI=1S/C16H24N4O5/c1-7-10(6-19-4-3-9(5-19)18-16(17)25)13(15(23)24)20-12(7)11(8(2)21)14(20)22/h7-9,11-12,21H,3-6H2,1-2H3,(H,23,24)(H3,17,18,25)/t7-,8+,9-,11?,12+/m0/s1. The number of β-lactam (4-membered cyclic amide) rings is 1. The van der Waals surface area contributed by atoms with Gasteiger partial charge in [0, 0.05) is 31.6 Å². The summed E-state index contributed by atoms with van der Waals surface area (Å²) in [6.07, 6.45) is -0.0587. The van der Waals surface area contributed by atoms with Crippen LogP contribution in [0, 0.1) is 11.8 Å². The summed E-state index contributed by atoms with van der Waals surface area (Å²) >= 11 is 0. The molecule has 0 aromatic heterocycles. The van der Waals surface area contributed by atoms with E-state index in [1.807, 2.05) is 6.92 Å². The molecule has 3 aliphatic rings. The highest BCUT2D eigenvalue weighted by atomic mass is 16.4. The van der Waals surface area contributed by atoms with E-state index in [1.54, 1.807) is 6.92 Å². The maximum Gasteiger partial charge on any atom is 0.352 e. The number of aliphatic hydroxyl groups is 1. The molecular weight excluding hydrogens is 328 g/mol. The smallest absolute Gasteiger partial charge is 0.352 e. The summed E-state index contributed by atoms with van der Waals surface area (Å²) in [6.45, 7) is 5.19. The number of nitrogens with one attached hydrogen (secondary N) is 1. The second-order valence-electron chi connectivity index (χ2n) is 7.16. The molecule has 3 rings (SSSR count). The number of amides is 3. The van der Waals surface area contributed by atoms with Gasteiger partial charge in [-0.15, -0.1) is 0 Å². The Bertz CT molecular complexity index is 646. The van der Waals surface area contributed by atoms with Gasteiger partial charge in [-0.25, -0.2) is 9.59 Å². The number of urea groups is 1. The van der Waals surface area contributed by atoms with Gasteiger partial charge in [-0.3, -0.25) is 9.69 Å². The number of aliphatic carboxylic acids is 1. The first kappa shape index (κ1) is 17.7. The zero-order valence-electron chi connectivity index (χ0n) is 14.3. The van der Waals surface area contributed by atoms with Crippen molar-refractivity contribution < 1.29 is 24.6 Å². The Morgan fingerprint density at radius 3 is 2.68 bits per heavy atom. The van der Waals surface area contributed by atoms with Crippen LogP contribution in [0.25, 0.3) is 0 Å². The van der Waals surface area contributed by atoms with Crippen molar-refractivity contribution in [2.24, 2.45) is 17.6 Å². The van der Waals surface area contributed by atoms with Gasteiger partial charge in [0.25, 0.3) is 0 Å². The summed E-state index contributed by atoms with van der Waals surface area (Å²) in [5, 5.41) is 22.1. The average Bonchev–Trinajstić information content (AvgIpc) is 3.01. The van der Waals surface area contributed by atoms with E-state index in [9.17, 15) is 24.6 Å². The van der Waals surface area contributed by atoms with Gasteiger partial charge in [0.1, 0.15) is 5.70 Å². The molecule has 5 atom stereocenters. The molecule has 3 amide bonds. The largest absolute Gasteiger partial charge is 0.477 e. The third-order valence-corrected chi connectivity index (χ3v) is 5.53. The summed E-state index contributed by atoms with van der Waals surface area (Å²) in [5.41, 5.74) is 5.89. The maximum atomic E-state index is 12.3. The van der Waals surface area contributed by atoms with Crippen LogP contribution >= 0.6 is 0 Å². The fourth-order valence-electron chi connectivity index (χ4n) is 4.39. The fourth-order valence-corrected chi connectivity index (χ4v) is 4.39. The van der Waals surface area contributed by atoms with Crippen LogP contribution in [0.3, 0.4) is 0 Å². The van der Waals surface area contributed by atoms with Crippen LogP contribution in [0.15, 0.2) is 11.3 Å². The normalized spacial score (nSPS) is 33.2. The van der Waals surface area contributed by atoms with Crippen molar-refractivity contribution in [2.75, 3.05) is 19.6 Å². The summed E-state index contributed by atoms with van der Waals surface area (Å²) in [5.74, 6) is -2.13. The molecule has 3 heterocycles. The lowest BCUT2D eigenvalue weighted by molar-refractivity contribution is -0.163. The Labute approximate surface area is 145 Å². The molecule has 25 heavy (non-hydrogen) atoms. The second kappa shape index (κ2) is 6.30. The SMILES string of the molecule is C[C@@H](O)C1C(=O)N2C(C(=O)O)=C(CN3CC[C@H](NC(N)=O)C3)[C@H](C)[C@H]12. The van der Waals surface area contributed by atoms with E-state index in [2.05, 4.69) is 10.2 Å². The lowest BCUT2D eigenvalue weighted by atomic mass is 9.77. The van der Waals surface area contributed by atoms with Gasteiger partial charge < -0.3 is 26.2 Å². The van der Waals surface area contributed by atoms with Crippen LogP contribution in [0.4, 0.5) is 4.79 Å². The molecule has 0 aromatic rings. The van der Waals surface area contributed by atoms with Gasteiger partial charge in [0.2, 0.25) is 5.91 Å². The number of carboxylic acids is 1. The number of aliphatic hydroxyl groups excluding tert-OH is 1. The number of nitrogens with zero attached hydrogens (tertiary/aromatic N) is 2. The monoisotopic (exact) mass is 352 g/mol. The number of carboxylic acid groups (broad SMARTS) is 1. The molecule has 2 saturated heterocycles. The third kappa shape index (κ3) is 2.87. The lowest BCUT2D eigenvalue weighted by Crippen LogP contribution is -2.63. The number of hydrogen-bond acceptors (Lipinski definition) is 5. The van der Waals surface area contributed by atoms with E-state index in [4.69, 9.17) is 5.73 Å². The molecule has 5 N–H and O–H groups in total.